The number of carbonyl (C=O) groups excluding carboxylic acids is 1. The van der Waals surface area contributed by atoms with Gasteiger partial charge in [0.15, 0.2) is 16.6 Å². The van der Waals surface area contributed by atoms with Gasteiger partial charge in [0.1, 0.15) is 17.0 Å². The highest BCUT2D eigenvalue weighted by Gasteiger charge is 2.41. The Morgan fingerprint density at radius 3 is 2.74 bits per heavy atom. The van der Waals surface area contributed by atoms with Gasteiger partial charge in [0.05, 0.1) is 24.6 Å². The molecule has 4 heterocycles. The highest BCUT2D eigenvalue weighted by molar-refractivity contribution is 7.20. The first-order valence-electron chi connectivity index (χ1n) is 9.68. The third-order valence-electron chi connectivity index (χ3n) is 4.88. The Labute approximate surface area is 203 Å². The summed E-state index contributed by atoms with van der Waals surface area (Å²) in [5.74, 6) is -0.639. The van der Waals surface area contributed by atoms with Gasteiger partial charge in [0.2, 0.25) is 5.88 Å². The molecule has 0 atom stereocenters. The van der Waals surface area contributed by atoms with E-state index >= 15 is 0 Å². The molecule has 0 spiro atoms. The molecule has 0 saturated carbocycles. The van der Waals surface area contributed by atoms with Gasteiger partial charge in [0, 0.05) is 17.0 Å². The van der Waals surface area contributed by atoms with Crippen LogP contribution in [0.1, 0.15) is 16.1 Å². The molecule has 0 bridgehead atoms. The zero-order valence-electron chi connectivity index (χ0n) is 17.5. The summed E-state index contributed by atoms with van der Waals surface area (Å²) in [5, 5.41) is 11.0. The molecule has 5 rings (SSSR count). The van der Waals surface area contributed by atoms with Crippen molar-refractivity contribution >= 4 is 44.7 Å². The molecule has 10 nitrogen and oxygen atoms in total. The zero-order chi connectivity index (χ0) is 24.7. The quantitative estimate of drug-likeness (QED) is 0.365. The van der Waals surface area contributed by atoms with Crippen LogP contribution in [0.2, 0.25) is 4.34 Å². The van der Waals surface area contributed by atoms with E-state index in [2.05, 4.69) is 30.5 Å². The van der Waals surface area contributed by atoms with Gasteiger partial charge in [-0.15, -0.1) is 0 Å². The van der Waals surface area contributed by atoms with Crippen molar-refractivity contribution in [3.05, 3.63) is 64.9 Å². The summed E-state index contributed by atoms with van der Waals surface area (Å²) in [6.07, 6.45) is -0.0460. The number of alkyl halides is 3. The van der Waals surface area contributed by atoms with Gasteiger partial charge in [-0.1, -0.05) is 29.0 Å². The molecule has 4 aromatic heterocycles. The Kier molecular flexibility index (Phi) is 5.61. The monoisotopic (exact) mass is 520 g/mol. The summed E-state index contributed by atoms with van der Waals surface area (Å²) in [6, 6.07) is 6.20. The fourth-order valence-corrected chi connectivity index (χ4v) is 4.48. The van der Waals surface area contributed by atoms with Gasteiger partial charge in [-0.2, -0.15) is 28.4 Å². The van der Waals surface area contributed by atoms with Crippen LogP contribution in [-0.4, -0.2) is 47.5 Å². The van der Waals surface area contributed by atoms with E-state index in [-0.39, 0.29) is 26.9 Å². The van der Waals surface area contributed by atoms with Gasteiger partial charge in [-0.25, -0.2) is 19.3 Å². The number of nitrogens with zero attached hydrogens (tertiary/aromatic N) is 7. The van der Waals surface area contributed by atoms with Crippen LogP contribution in [0, 0.1) is 0 Å². The van der Waals surface area contributed by atoms with Crippen molar-refractivity contribution in [3.8, 4) is 17.4 Å². The Morgan fingerprint density at radius 1 is 1.20 bits per heavy atom. The Morgan fingerprint density at radius 2 is 2.03 bits per heavy atom. The Hall–Kier alpha value is -4.04. The lowest BCUT2D eigenvalue weighted by Crippen LogP contribution is -2.20. The van der Waals surface area contributed by atoms with Crippen LogP contribution in [-0.2, 0) is 6.18 Å². The maximum atomic E-state index is 14.2. The maximum Gasteiger partial charge on any atom is 0.434 e. The molecule has 1 N–H and O–H groups in total. The molecule has 0 saturated heterocycles. The number of methoxy groups -OCH3 is 1. The van der Waals surface area contributed by atoms with Crippen molar-refractivity contribution in [2.75, 3.05) is 12.4 Å². The topological polar surface area (TPSA) is 113 Å². The molecule has 5 aromatic rings. The summed E-state index contributed by atoms with van der Waals surface area (Å²) >= 11 is 7.00. The minimum Gasteiger partial charge on any atom is -0.481 e. The minimum absolute atomic E-state index is 0.0210. The van der Waals surface area contributed by atoms with E-state index in [4.69, 9.17) is 16.3 Å². The number of hydrogen-bond acceptors (Lipinski definition) is 8. The number of amides is 1. The summed E-state index contributed by atoms with van der Waals surface area (Å²) < 4.78 is 49.9. The van der Waals surface area contributed by atoms with Gasteiger partial charge >= 0.3 is 6.18 Å². The average Bonchev–Trinajstić information content (AvgIpc) is 3.57. The summed E-state index contributed by atoms with van der Waals surface area (Å²) in [5.41, 5.74) is -1.85. The first kappa shape index (κ1) is 22.7. The number of benzene rings is 1. The highest BCUT2D eigenvalue weighted by Crippen LogP contribution is 2.37. The van der Waals surface area contributed by atoms with E-state index in [1.54, 1.807) is 12.1 Å². The largest absolute Gasteiger partial charge is 0.481 e. The second-order valence-corrected chi connectivity index (χ2v) is 8.52. The number of ether oxygens (including phenoxy) is 1. The fraction of sp³-hybridized carbons (Fsp3) is 0.100. The lowest BCUT2D eigenvalue weighted by Gasteiger charge is -2.14. The molecule has 35 heavy (non-hydrogen) atoms. The number of fused-ring (bicyclic) bond motifs is 1. The number of hydrogen-bond donors (Lipinski definition) is 1. The molecule has 178 valence electrons. The molecule has 0 radical (unpaired) electrons. The van der Waals surface area contributed by atoms with Gasteiger partial charge in [-0.3, -0.25) is 10.1 Å². The SMILES string of the molecule is COc1nccc2c(-n3ncc(C(=O)Nc4nc(-n5cncn5)c(Cl)s4)c3C(F)(F)F)cccc12. The predicted molar refractivity (Wildman–Crippen MR) is 120 cm³/mol. The molecule has 15 heteroatoms. The maximum absolute atomic E-state index is 14.2. The molecule has 0 fully saturated rings. The average molecular weight is 521 g/mol. The summed E-state index contributed by atoms with van der Waals surface area (Å²) in [7, 11) is 1.41. The molecular weight excluding hydrogens is 509 g/mol. The molecular formula is C20H12ClF3N8O2S. The lowest BCUT2D eigenvalue weighted by molar-refractivity contribution is -0.143. The third-order valence-corrected chi connectivity index (χ3v) is 6.03. The molecule has 0 aliphatic heterocycles. The van der Waals surface area contributed by atoms with E-state index in [9.17, 15) is 18.0 Å². The lowest BCUT2D eigenvalue weighted by atomic mass is 10.1. The van der Waals surface area contributed by atoms with Crippen LogP contribution in [0.25, 0.3) is 22.3 Å². The molecule has 1 amide bonds. The van der Waals surface area contributed by atoms with Crippen molar-refractivity contribution < 1.29 is 22.7 Å². The van der Waals surface area contributed by atoms with Crippen LogP contribution >= 0.6 is 22.9 Å². The van der Waals surface area contributed by atoms with E-state index in [0.29, 0.717) is 15.5 Å². The van der Waals surface area contributed by atoms with E-state index in [0.717, 1.165) is 17.5 Å². The van der Waals surface area contributed by atoms with Crippen molar-refractivity contribution in [1.29, 1.82) is 0 Å². The third kappa shape index (κ3) is 4.06. The van der Waals surface area contributed by atoms with Gasteiger partial charge in [-0.05, 0) is 18.2 Å². The number of aromatic nitrogens is 7. The van der Waals surface area contributed by atoms with Crippen LogP contribution < -0.4 is 10.1 Å². The molecule has 1 aromatic carbocycles. The number of pyridine rings is 1. The minimum atomic E-state index is -4.91. The highest BCUT2D eigenvalue weighted by atomic mass is 35.5. The van der Waals surface area contributed by atoms with Crippen LogP contribution in [0.15, 0.2) is 49.3 Å². The summed E-state index contributed by atoms with van der Waals surface area (Å²) in [6.45, 7) is 0. The van der Waals surface area contributed by atoms with Crippen LogP contribution in [0.3, 0.4) is 0 Å². The molecule has 0 unspecified atom stereocenters. The Bertz CT molecular complexity index is 1550. The van der Waals surface area contributed by atoms with Crippen molar-refractivity contribution in [3.63, 3.8) is 0 Å². The van der Waals surface area contributed by atoms with Crippen molar-refractivity contribution in [2.24, 2.45) is 0 Å². The summed E-state index contributed by atoms with van der Waals surface area (Å²) in [4.78, 5) is 24.9. The standard InChI is InChI=1S/C20H12ClF3N8O2S/c1-34-18-11-3-2-4-13(10(11)5-6-26-18)32-14(20(22,23)24)12(7-27-32)17(33)30-19-29-16(15(21)35-19)31-9-25-8-28-31/h2-9H,1H3,(H,29,30,33). The van der Waals surface area contributed by atoms with Crippen LogP contribution in [0.4, 0.5) is 18.3 Å². The van der Waals surface area contributed by atoms with Gasteiger partial charge < -0.3 is 4.74 Å². The predicted octanol–water partition coefficient (Wildman–Crippen LogP) is 4.39. The number of anilines is 1. The van der Waals surface area contributed by atoms with Crippen LogP contribution in [0.5, 0.6) is 5.88 Å². The number of carbonyl (C=O) groups is 1. The second-order valence-electron chi connectivity index (χ2n) is 6.92. The smallest absolute Gasteiger partial charge is 0.434 e. The zero-order valence-corrected chi connectivity index (χ0v) is 19.1. The Balaban J connectivity index is 1.57. The van der Waals surface area contributed by atoms with E-state index in [1.807, 2.05) is 0 Å². The number of halogens is 4. The normalized spacial score (nSPS) is 11.7. The van der Waals surface area contributed by atoms with E-state index < -0.39 is 23.3 Å². The molecule has 0 aliphatic carbocycles. The first-order valence-corrected chi connectivity index (χ1v) is 10.9. The number of nitrogens with one attached hydrogen (secondary N) is 1. The van der Waals surface area contributed by atoms with Gasteiger partial charge in [0.25, 0.3) is 5.91 Å². The molecule has 0 aliphatic rings. The first-order chi connectivity index (χ1) is 16.8. The van der Waals surface area contributed by atoms with Crippen molar-refractivity contribution in [1.82, 2.24) is 34.5 Å². The number of rotatable bonds is 5. The number of thiazole rings is 1. The fourth-order valence-electron chi connectivity index (χ4n) is 3.45. The van der Waals surface area contributed by atoms with Crippen molar-refractivity contribution in [2.45, 2.75) is 6.18 Å². The van der Waals surface area contributed by atoms with E-state index in [1.165, 1.54) is 42.8 Å². The second kappa shape index (κ2) is 8.63.